The number of nitrogens with one attached hydrogen (secondary N) is 1. The van der Waals surface area contributed by atoms with Crippen LogP contribution in [0.4, 0.5) is 4.39 Å². The number of hydrogen-bond donors (Lipinski definition) is 1. The van der Waals surface area contributed by atoms with Gasteiger partial charge in [-0.05, 0) is 25.0 Å². The van der Waals surface area contributed by atoms with Crippen LogP contribution in [0.3, 0.4) is 0 Å². The predicted octanol–water partition coefficient (Wildman–Crippen LogP) is 3.49. The molecule has 0 saturated carbocycles. The van der Waals surface area contributed by atoms with E-state index in [1.807, 2.05) is 31.2 Å². The van der Waals surface area contributed by atoms with Crippen molar-refractivity contribution >= 4 is 0 Å². The fourth-order valence-electron chi connectivity index (χ4n) is 2.95. The van der Waals surface area contributed by atoms with Gasteiger partial charge in [-0.25, -0.2) is 4.39 Å². The third kappa shape index (κ3) is 3.31. The highest BCUT2D eigenvalue weighted by atomic mass is 19.1. The zero-order valence-electron chi connectivity index (χ0n) is 12.1. The van der Waals surface area contributed by atoms with E-state index in [0.29, 0.717) is 12.2 Å². The van der Waals surface area contributed by atoms with Gasteiger partial charge in [0, 0.05) is 17.6 Å². The van der Waals surface area contributed by atoms with E-state index in [4.69, 9.17) is 4.74 Å². The molecule has 3 heteroatoms. The van der Waals surface area contributed by atoms with Gasteiger partial charge >= 0.3 is 0 Å². The normalized spacial score (nSPS) is 25.7. The summed E-state index contributed by atoms with van der Waals surface area (Å²) in [4.78, 5) is 0. The maximum atomic E-state index is 13.9. The molecular formula is C18H20FNO. The van der Waals surface area contributed by atoms with E-state index in [2.05, 4.69) is 17.4 Å². The highest BCUT2D eigenvalue weighted by molar-refractivity contribution is 5.22. The van der Waals surface area contributed by atoms with Crippen molar-refractivity contribution in [1.29, 1.82) is 0 Å². The molecule has 2 aromatic carbocycles. The maximum absolute atomic E-state index is 13.9. The summed E-state index contributed by atoms with van der Waals surface area (Å²) >= 11 is 0. The van der Waals surface area contributed by atoms with E-state index >= 15 is 0 Å². The Morgan fingerprint density at radius 3 is 2.52 bits per heavy atom. The van der Waals surface area contributed by atoms with Gasteiger partial charge in [-0.3, -0.25) is 0 Å². The number of ether oxygens (including phenoxy) is 1. The molecule has 0 aliphatic carbocycles. The zero-order chi connectivity index (χ0) is 14.7. The van der Waals surface area contributed by atoms with Crippen molar-refractivity contribution in [3.63, 3.8) is 0 Å². The van der Waals surface area contributed by atoms with Crippen molar-refractivity contribution in [3.05, 3.63) is 71.5 Å². The molecule has 0 radical (unpaired) electrons. The second-order valence-corrected chi connectivity index (χ2v) is 5.62. The molecule has 1 saturated heterocycles. The quantitative estimate of drug-likeness (QED) is 0.932. The average molecular weight is 285 g/mol. The van der Waals surface area contributed by atoms with Crippen molar-refractivity contribution in [2.24, 2.45) is 0 Å². The van der Waals surface area contributed by atoms with Crippen LogP contribution in [-0.2, 0) is 11.2 Å². The van der Waals surface area contributed by atoms with Gasteiger partial charge in [0.2, 0.25) is 0 Å². The SMILES string of the molecule is CC1NC(Cc2ccccc2)COC1c1ccccc1F. The second kappa shape index (κ2) is 6.37. The van der Waals surface area contributed by atoms with Gasteiger partial charge in [-0.1, -0.05) is 48.5 Å². The Hall–Kier alpha value is -1.71. The molecule has 3 atom stereocenters. The van der Waals surface area contributed by atoms with Gasteiger partial charge < -0.3 is 10.1 Å². The summed E-state index contributed by atoms with van der Waals surface area (Å²) < 4.78 is 19.8. The Bertz CT molecular complexity index is 587. The summed E-state index contributed by atoms with van der Waals surface area (Å²) in [5, 5.41) is 3.55. The summed E-state index contributed by atoms with van der Waals surface area (Å²) in [7, 11) is 0. The predicted molar refractivity (Wildman–Crippen MR) is 81.6 cm³/mol. The first kappa shape index (κ1) is 14.2. The van der Waals surface area contributed by atoms with E-state index in [1.54, 1.807) is 12.1 Å². The summed E-state index contributed by atoms with van der Waals surface area (Å²) in [5.74, 6) is -0.197. The molecule has 1 fully saturated rings. The Morgan fingerprint density at radius 2 is 1.81 bits per heavy atom. The fourth-order valence-corrected chi connectivity index (χ4v) is 2.95. The van der Waals surface area contributed by atoms with Gasteiger partial charge in [0.05, 0.1) is 6.61 Å². The largest absolute Gasteiger partial charge is 0.370 e. The van der Waals surface area contributed by atoms with Gasteiger partial charge in [0.25, 0.3) is 0 Å². The standard InChI is InChI=1S/C18H20FNO/c1-13-18(16-9-5-6-10-17(16)19)21-12-15(20-13)11-14-7-3-2-4-8-14/h2-10,13,15,18,20H,11-12H2,1H3. The summed E-state index contributed by atoms with van der Waals surface area (Å²) in [6, 6.07) is 17.6. The van der Waals surface area contributed by atoms with E-state index in [1.165, 1.54) is 11.6 Å². The lowest BCUT2D eigenvalue weighted by Crippen LogP contribution is -2.50. The Labute approximate surface area is 125 Å². The van der Waals surface area contributed by atoms with E-state index in [0.717, 1.165) is 6.42 Å². The van der Waals surface area contributed by atoms with Crippen LogP contribution in [0.2, 0.25) is 0 Å². The molecule has 1 heterocycles. The molecule has 1 aliphatic heterocycles. The van der Waals surface area contributed by atoms with Crippen LogP contribution in [-0.4, -0.2) is 18.7 Å². The molecule has 2 aromatic rings. The topological polar surface area (TPSA) is 21.3 Å². The third-order valence-electron chi connectivity index (χ3n) is 3.97. The van der Waals surface area contributed by atoms with E-state index in [9.17, 15) is 4.39 Å². The molecule has 21 heavy (non-hydrogen) atoms. The molecule has 0 amide bonds. The van der Waals surface area contributed by atoms with Gasteiger partial charge in [-0.2, -0.15) is 0 Å². The summed E-state index contributed by atoms with van der Waals surface area (Å²) in [5.41, 5.74) is 1.92. The molecule has 3 unspecified atom stereocenters. The minimum atomic E-state index is -0.224. The molecule has 2 nitrogen and oxygen atoms in total. The average Bonchev–Trinajstić information content (AvgIpc) is 2.50. The zero-order valence-corrected chi connectivity index (χ0v) is 12.1. The van der Waals surface area contributed by atoms with E-state index in [-0.39, 0.29) is 24.0 Å². The highest BCUT2D eigenvalue weighted by Gasteiger charge is 2.30. The second-order valence-electron chi connectivity index (χ2n) is 5.62. The van der Waals surface area contributed by atoms with Gasteiger partial charge in [0.1, 0.15) is 11.9 Å². The van der Waals surface area contributed by atoms with Crippen molar-refractivity contribution < 1.29 is 9.13 Å². The van der Waals surface area contributed by atoms with Crippen LogP contribution >= 0.6 is 0 Å². The van der Waals surface area contributed by atoms with Crippen molar-refractivity contribution in [2.75, 3.05) is 6.61 Å². The Kier molecular flexibility index (Phi) is 4.32. The van der Waals surface area contributed by atoms with Crippen LogP contribution in [0.25, 0.3) is 0 Å². The lowest BCUT2D eigenvalue weighted by atomic mass is 9.98. The van der Waals surface area contributed by atoms with Gasteiger partial charge in [-0.15, -0.1) is 0 Å². The fraction of sp³-hybridized carbons (Fsp3) is 0.333. The van der Waals surface area contributed by atoms with Crippen LogP contribution in [0.1, 0.15) is 24.2 Å². The van der Waals surface area contributed by atoms with Crippen LogP contribution in [0, 0.1) is 5.82 Å². The number of benzene rings is 2. The Balaban J connectivity index is 1.66. The first-order chi connectivity index (χ1) is 10.2. The monoisotopic (exact) mass is 285 g/mol. The first-order valence-electron chi connectivity index (χ1n) is 7.40. The molecule has 1 N–H and O–H groups in total. The number of rotatable bonds is 3. The van der Waals surface area contributed by atoms with Crippen molar-refractivity contribution in [2.45, 2.75) is 31.5 Å². The molecule has 0 spiro atoms. The maximum Gasteiger partial charge on any atom is 0.129 e. The van der Waals surface area contributed by atoms with Gasteiger partial charge in [0.15, 0.2) is 0 Å². The molecular weight excluding hydrogens is 265 g/mol. The molecule has 0 aromatic heterocycles. The number of halogens is 1. The number of morpholine rings is 1. The first-order valence-corrected chi connectivity index (χ1v) is 7.40. The molecule has 110 valence electrons. The van der Waals surface area contributed by atoms with Crippen molar-refractivity contribution in [3.8, 4) is 0 Å². The van der Waals surface area contributed by atoms with E-state index < -0.39 is 0 Å². The minimum Gasteiger partial charge on any atom is -0.370 e. The highest BCUT2D eigenvalue weighted by Crippen LogP contribution is 2.27. The van der Waals surface area contributed by atoms with Crippen molar-refractivity contribution in [1.82, 2.24) is 5.32 Å². The van der Waals surface area contributed by atoms with Crippen LogP contribution in [0.15, 0.2) is 54.6 Å². The minimum absolute atomic E-state index is 0.0874. The summed E-state index contributed by atoms with van der Waals surface area (Å²) in [6.07, 6.45) is 0.702. The molecule has 1 aliphatic rings. The smallest absolute Gasteiger partial charge is 0.129 e. The summed E-state index contributed by atoms with van der Waals surface area (Å²) in [6.45, 7) is 2.65. The number of hydrogen-bond acceptors (Lipinski definition) is 2. The molecule has 3 rings (SSSR count). The van der Waals surface area contributed by atoms with Crippen LogP contribution < -0.4 is 5.32 Å². The van der Waals surface area contributed by atoms with Crippen LogP contribution in [0.5, 0.6) is 0 Å². The molecule has 0 bridgehead atoms. The lowest BCUT2D eigenvalue weighted by Gasteiger charge is -2.36. The Morgan fingerprint density at radius 1 is 1.10 bits per heavy atom. The lowest BCUT2D eigenvalue weighted by molar-refractivity contribution is -0.0261. The third-order valence-corrected chi connectivity index (χ3v) is 3.97.